The van der Waals surface area contributed by atoms with Gasteiger partial charge in [0.25, 0.3) is 0 Å². The molecule has 1 aromatic carbocycles. The number of hydrogen-bond acceptors (Lipinski definition) is 2. The van der Waals surface area contributed by atoms with E-state index in [1.54, 1.807) is 12.1 Å². The van der Waals surface area contributed by atoms with Gasteiger partial charge in [0.15, 0.2) is 0 Å². The van der Waals surface area contributed by atoms with Crippen molar-refractivity contribution in [1.29, 1.82) is 0 Å². The Labute approximate surface area is 122 Å². The van der Waals surface area contributed by atoms with Gasteiger partial charge in [-0.05, 0) is 50.0 Å². The lowest BCUT2D eigenvalue weighted by atomic mass is 9.98. The van der Waals surface area contributed by atoms with E-state index < -0.39 is 0 Å². The van der Waals surface area contributed by atoms with Gasteiger partial charge in [0.1, 0.15) is 17.7 Å². The van der Waals surface area contributed by atoms with Gasteiger partial charge in [0, 0.05) is 23.9 Å². The summed E-state index contributed by atoms with van der Waals surface area (Å²) in [5.74, 6) is 1.52. The molecule has 104 valence electrons. The molecule has 2 heterocycles. The Kier molecular flexibility index (Phi) is 4.08. The van der Waals surface area contributed by atoms with E-state index in [4.69, 9.17) is 4.74 Å². The summed E-state index contributed by atoms with van der Waals surface area (Å²) in [6.07, 6.45) is 3.56. The highest BCUT2D eigenvalue weighted by Gasteiger charge is 2.27. The fourth-order valence-corrected chi connectivity index (χ4v) is 3.65. The highest BCUT2D eigenvalue weighted by Crippen LogP contribution is 2.30. The first-order valence-electron chi connectivity index (χ1n) is 6.98. The second-order valence-electron chi connectivity index (χ2n) is 5.59. The van der Waals surface area contributed by atoms with Gasteiger partial charge >= 0.3 is 0 Å². The molecule has 1 fully saturated rings. The molecule has 0 bridgehead atoms. The van der Waals surface area contributed by atoms with Crippen molar-refractivity contribution in [3.05, 3.63) is 29.6 Å². The molecule has 4 heteroatoms. The topological polar surface area (TPSA) is 12.5 Å². The van der Waals surface area contributed by atoms with E-state index >= 15 is 0 Å². The Morgan fingerprint density at radius 2 is 2.11 bits per heavy atom. The van der Waals surface area contributed by atoms with Crippen LogP contribution in [0.1, 0.15) is 18.4 Å². The molecule has 1 saturated heterocycles. The maximum atomic E-state index is 13.2. The molecule has 0 saturated carbocycles. The first kappa shape index (κ1) is 13.4. The Hall–Kier alpha value is -0.610. The Balaban J connectivity index is 1.53. The van der Waals surface area contributed by atoms with Crippen LogP contribution in [0.2, 0.25) is 0 Å². The molecule has 0 spiro atoms. The third kappa shape index (κ3) is 3.11. The average Bonchev–Trinajstić information content (AvgIpc) is 2.81. The average molecular weight is 328 g/mol. The summed E-state index contributed by atoms with van der Waals surface area (Å²) in [6, 6.07) is 4.83. The first-order chi connectivity index (χ1) is 9.24. The minimum Gasteiger partial charge on any atom is -0.488 e. The SMILES string of the molecule is Fc1ccc2c(c1)CC(CN1CCC(CBr)CC1)O2. The predicted octanol–water partition coefficient (Wildman–Crippen LogP) is 3.24. The molecule has 0 aromatic heterocycles. The Bertz CT molecular complexity index is 446. The van der Waals surface area contributed by atoms with Gasteiger partial charge in [-0.15, -0.1) is 0 Å². The Morgan fingerprint density at radius 1 is 1.32 bits per heavy atom. The minimum atomic E-state index is -0.166. The number of piperidine rings is 1. The lowest BCUT2D eigenvalue weighted by Gasteiger charge is -2.32. The number of benzene rings is 1. The number of ether oxygens (including phenoxy) is 1. The van der Waals surface area contributed by atoms with Gasteiger partial charge in [0.2, 0.25) is 0 Å². The third-order valence-electron chi connectivity index (χ3n) is 4.15. The van der Waals surface area contributed by atoms with Crippen LogP contribution in [0, 0.1) is 11.7 Å². The van der Waals surface area contributed by atoms with E-state index in [0.29, 0.717) is 0 Å². The van der Waals surface area contributed by atoms with Crippen LogP contribution in [-0.4, -0.2) is 36.0 Å². The van der Waals surface area contributed by atoms with Crippen LogP contribution in [0.15, 0.2) is 18.2 Å². The molecular weight excluding hydrogens is 309 g/mol. The van der Waals surface area contributed by atoms with Crippen molar-refractivity contribution < 1.29 is 9.13 Å². The van der Waals surface area contributed by atoms with E-state index in [2.05, 4.69) is 20.8 Å². The lowest BCUT2D eigenvalue weighted by Crippen LogP contribution is -2.40. The smallest absolute Gasteiger partial charge is 0.123 e. The second-order valence-corrected chi connectivity index (χ2v) is 6.24. The van der Waals surface area contributed by atoms with E-state index in [-0.39, 0.29) is 11.9 Å². The molecule has 0 radical (unpaired) electrons. The molecular formula is C15H19BrFNO. The first-order valence-corrected chi connectivity index (χ1v) is 8.10. The number of rotatable bonds is 3. The number of hydrogen-bond donors (Lipinski definition) is 0. The van der Waals surface area contributed by atoms with Crippen LogP contribution >= 0.6 is 15.9 Å². The summed E-state index contributed by atoms with van der Waals surface area (Å²) in [4.78, 5) is 2.48. The summed E-state index contributed by atoms with van der Waals surface area (Å²) in [5.41, 5.74) is 1.01. The third-order valence-corrected chi connectivity index (χ3v) is 5.07. The number of halogens is 2. The molecule has 1 unspecified atom stereocenters. The molecule has 2 nitrogen and oxygen atoms in total. The fraction of sp³-hybridized carbons (Fsp3) is 0.600. The number of fused-ring (bicyclic) bond motifs is 1. The number of nitrogens with zero attached hydrogens (tertiary/aromatic N) is 1. The zero-order chi connectivity index (χ0) is 13.2. The van der Waals surface area contributed by atoms with E-state index in [9.17, 15) is 4.39 Å². The quantitative estimate of drug-likeness (QED) is 0.790. The van der Waals surface area contributed by atoms with Crippen molar-refractivity contribution in [3.63, 3.8) is 0 Å². The van der Waals surface area contributed by atoms with Crippen molar-refractivity contribution in [3.8, 4) is 5.75 Å². The summed E-state index contributed by atoms with van der Waals surface area (Å²) >= 11 is 3.57. The van der Waals surface area contributed by atoms with E-state index in [1.165, 1.54) is 18.9 Å². The van der Waals surface area contributed by atoms with Gasteiger partial charge in [-0.2, -0.15) is 0 Å². The maximum Gasteiger partial charge on any atom is 0.123 e. The van der Waals surface area contributed by atoms with Crippen LogP contribution in [0.5, 0.6) is 5.75 Å². The van der Waals surface area contributed by atoms with Crippen molar-refractivity contribution in [2.24, 2.45) is 5.92 Å². The molecule has 2 aliphatic rings. The Morgan fingerprint density at radius 3 is 2.84 bits per heavy atom. The van der Waals surface area contributed by atoms with Crippen molar-refractivity contribution >= 4 is 15.9 Å². The second kappa shape index (κ2) is 5.80. The summed E-state index contributed by atoms with van der Waals surface area (Å²) in [7, 11) is 0. The van der Waals surface area contributed by atoms with Crippen molar-refractivity contribution in [2.75, 3.05) is 25.0 Å². The number of alkyl halides is 1. The highest BCUT2D eigenvalue weighted by atomic mass is 79.9. The normalized spacial score (nSPS) is 24.2. The van der Waals surface area contributed by atoms with Crippen LogP contribution in [0.3, 0.4) is 0 Å². The van der Waals surface area contributed by atoms with Crippen molar-refractivity contribution in [1.82, 2.24) is 4.90 Å². The minimum absolute atomic E-state index is 0.166. The molecule has 3 rings (SSSR count). The standard InChI is InChI=1S/C15H19BrFNO/c16-9-11-3-5-18(6-4-11)10-14-8-12-7-13(17)1-2-15(12)19-14/h1-2,7,11,14H,3-6,8-10H2. The fourth-order valence-electron chi connectivity index (χ4n) is 3.00. The molecule has 1 atom stereocenters. The summed E-state index contributed by atoms with van der Waals surface area (Å²) in [6.45, 7) is 3.27. The predicted molar refractivity (Wildman–Crippen MR) is 77.5 cm³/mol. The molecule has 0 amide bonds. The molecule has 0 N–H and O–H groups in total. The van der Waals surface area contributed by atoms with Gasteiger partial charge in [-0.1, -0.05) is 15.9 Å². The summed E-state index contributed by atoms with van der Waals surface area (Å²) in [5, 5.41) is 1.12. The lowest BCUT2D eigenvalue weighted by molar-refractivity contribution is 0.121. The number of likely N-dealkylation sites (tertiary alicyclic amines) is 1. The van der Waals surface area contributed by atoms with E-state index in [0.717, 1.165) is 48.6 Å². The van der Waals surface area contributed by atoms with Crippen molar-refractivity contribution in [2.45, 2.75) is 25.4 Å². The van der Waals surface area contributed by atoms with Gasteiger partial charge < -0.3 is 4.74 Å². The van der Waals surface area contributed by atoms with Crippen LogP contribution < -0.4 is 4.74 Å². The van der Waals surface area contributed by atoms with E-state index in [1.807, 2.05) is 0 Å². The maximum absolute atomic E-state index is 13.2. The zero-order valence-electron chi connectivity index (χ0n) is 10.9. The zero-order valence-corrected chi connectivity index (χ0v) is 12.5. The molecule has 1 aromatic rings. The molecule has 0 aliphatic carbocycles. The molecule has 2 aliphatic heterocycles. The largest absolute Gasteiger partial charge is 0.488 e. The van der Waals surface area contributed by atoms with Gasteiger partial charge in [-0.3, -0.25) is 4.90 Å². The highest BCUT2D eigenvalue weighted by molar-refractivity contribution is 9.09. The van der Waals surface area contributed by atoms with Crippen LogP contribution in [0.25, 0.3) is 0 Å². The monoisotopic (exact) mass is 327 g/mol. The van der Waals surface area contributed by atoms with Crippen LogP contribution in [-0.2, 0) is 6.42 Å². The van der Waals surface area contributed by atoms with Gasteiger partial charge in [0.05, 0.1) is 0 Å². The summed E-state index contributed by atoms with van der Waals surface area (Å²) < 4.78 is 19.1. The van der Waals surface area contributed by atoms with Gasteiger partial charge in [-0.25, -0.2) is 4.39 Å². The van der Waals surface area contributed by atoms with Crippen LogP contribution in [0.4, 0.5) is 4.39 Å². The molecule has 19 heavy (non-hydrogen) atoms.